The van der Waals surface area contributed by atoms with Crippen molar-refractivity contribution in [1.29, 1.82) is 0 Å². The van der Waals surface area contributed by atoms with Crippen LogP contribution >= 0.6 is 24.0 Å². The summed E-state index contributed by atoms with van der Waals surface area (Å²) in [6.07, 6.45) is 3.24. The average Bonchev–Trinajstić information content (AvgIpc) is 2.65. The number of carbonyl (C=O) groups excluding carboxylic acids is 1. The monoisotopic (exact) mass is 490 g/mol. The van der Waals surface area contributed by atoms with E-state index in [9.17, 15) is 4.79 Å². The second kappa shape index (κ2) is 15.7. The van der Waals surface area contributed by atoms with Crippen LogP contribution in [0.2, 0.25) is 0 Å². The Balaban J connectivity index is 0.00000676. The van der Waals surface area contributed by atoms with Gasteiger partial charge in [-0.2, -0.15) is 0 Å². The van der Waals surface area contributed by atoms with Crippen LogP contribution in [0.4, 0.5) is 0 Å². The van der Waals surface area contributed by atoms with Crippen molar-refractivity contribution in [1.82, 2.24) is 15.5 Å². The summed E-state index contributed by atoms with van der Waals surface area (Å²) in [5.41, 5.74) is 1.76. The first-order valence-electron chi connectivity index (χ1n) is 9.49. The largest absolute Gasteiger partial charge is 0.381 e. The molecule has 27 heavy (non-hydrogen) atoms. The number of nitrogens with one attached hydrogen (secondary N) is 2. The van der Waals surface area contributed by atoms with Gasteiger partial charge in [0, 0.05) is 46.0 Å². The van der Waals surface area contributed by atoms with Gasteiger partial charge in [0.25, 0.3) is 5.91 Å². The molecule has 1 aromatic rings. The highest BCUT2D eigenvalue weighted by Gasteiger charge is 2.07. The van der Waals surface area contributed by atoms with Gasteiger partial charge in [0.05, 0.1) is 6.54 Å². The Hall–Kier alpha value is -1.35. The van der Waals surface area contributed by atoms with E-state index in [-0.39, 0.29) is 29.9 Å². The highest BCUT2D eigenvalue weighted by Crippen LogP contribution is 2.07. The molecule has 0 atom stereocenters. The van der Waals surface area contributed by atoms with Crippen molar-refractivity contribution in [3.8, 4) is 0 Å². The Labute approximate surface area is 181 Å². The van der Waals surface area contributed by atoms with E-state index >= 15 is 0 Å². The molecule has 0 radical (unpaired) electrons. The molecule has 0 aliphatic rings. The van der Waals surface area contributed by atoms with E-state index in [4.69, 9.17) is 4.74 Å². The van der Waals surface area contributed by atoms with Gasteiger partial charge in [-0.1, -0.05) is 25.5 Å². The molecule has 6 nitrogen and oxygen atoms in total. The highest BCUT2D eigenvalue weighted by molar-refractivity contribution is 14.0. The van der Waals surface area contributed by atoms with E-state index in [1.54, 1.807) is 19.0 Å². The number of guanidine groups is 1. The van der Waals surface area contributed by atoms with Crippen LogP contribution < -0.4 is 10.6 Å². The summed E-state index contributed by atoms with van der Waals surface area (Å²) < 4.78 is 5.56. The average molecular weight is 490 g/mol. The van der Waals surface area contributed by atoms with Crippen LogP contribution in [0.25, 0.3) is 0 Å². The molecular weight excluding hydrogens is 455 g/mol. The van der Waals surface area contributed by atoms with E-state index in [1.807, 2.05) is 31.2 Å². The molecule has 0 bridgehead atoms. The molecule has 154 valence electrons. The summed E-state index contributed by atoms with van der Waals surface area (Å²) in [5.74, 6) is 0.811. The Morgan fingerprint density at radius 2 is 1.74 bits per heavy atom. The fourth-order valence-electron chi connectivity index (χ4n) is 2.25. The predicted molar refractivity (Wildman–Crippen MR) is 123 cm³/mol. The SMILES string of the molecule is CCCCOCCCNC(=NCc1ccc(C(=O)N(C)C)cc1)NCC.I. The van der Waals surface area contributed by atoms with Gasteiger partial charge in [0.2, 0.25) is 0 Å². The molecule has 0 aliphatic heterocycles. The Morgan fingerprint density at radius 3 is 2.33 bits per heavy atom. The summed E-state index contributed by atoms with van der Waals surface area (Å²) in [6, 6.07) is 7.60. The van der Waals surface area contributed by atoms with Gasteiger partial charge in [-0.3, -0.25) is 4.79 Å². The molecule has 0 heterocycles. The third-order valence-electron chi connectivity index (χ3n) is 3.77. The normalized spacial score (nSPS) is 10.9. The van der Waals surface area contributed by atoms with Crippen LogP contribution in [0.3, 0.4) is 0 Å². The lowest BCUT2D eigenvalue weighted by molar-refractivity contribution is 0.0827. The topological polar surface area (TPSA) is 66.0 Å². The Kier molecular flexibility index (Phi) is 14.9. The fraction of sp³-hybridized carbons (Fsp3) is 0.600. The molecule has 0 saturated carbocycles. The summed E-state index contributed by atoms with van der Waals surface area (Å²) >= 11 is 0. The summed E-state index contributed by atoms with van der Waals surface area (Å²) in [6.45, 7) is 8.04. The first kappa shape index (κ1) is 25.6. The summed E-state index contributed by atoms with van der Waals surface area (Å²) in [5, 5.41) is 6.57. The van der Waals surface area contributed by atoms with Gasteiger partial charge in [0.1, 0.15) is 0 Å². The number of ether oxygens (including phenoxy) is 1. The lowest BCUT2D eigenvalue weighted by Gasteiger charge is -2.12. The third kappa shape index (κ3) is 11.2. The van der Waals surface area contributed by atoms with Gasteiger partial charge in [-0.25, -0.2) is 4.99 Å². The minimum Gasteiger partial charge on any atom is -0.381 e. The number of nitrogens with zero attached hydrogens (tertiary/aromatic N) is 2. The first-order chi connectivity index (χ1) is 12.6. The predicted octanol–water partition coefficient (Wildman–Crippen LogP) is 3.27. The zero-order valence-electron chi connectivity index (χ0n) is 17.1. The van der Waals surface area contributed by atoms with Gasteiger partial charge in [0.15, 0.2) is 5.96 Å². The standard InChI is InChI=1S/C20H34N4O2.HI/c1-5-7-14-26-15-8-13-22-20(21-6-2)23-16-17-9-11-18(12-10-17)19(25)24(3)4;/h9-12H,5-8,13-16H2,1-4H3,(H2,21,22,23);1H. The second-order valence-corrected chi connectivity index (χ2v) is 6.34. The minimum absolute atomic E-state index is 0. The van der Waals surface area contributed by atoms with Gasteiger partial charge >= 0.3 is 0 Å². The maximum Gasteiger partial charge on any atom is 0.253 e. The highest BCUT2D eigenvalue weighted by atomic mass is 127. The number of rotatable bonds is 11. The van der Waals surface area contributed by atoms with Crippen molar-refractivity contribution in [2.24, 2.45) is 4.99 Å². The minimum atomic E-state index is 0. The number of hydrogen-bond donors (Lipinski definition) is 2. The van der Waals surface area contributed by atoms with Gasteiger partial charge in [-0.05, 0) is 37.5 Å². The van der Waals surface area contributed by atoms with Crippen LogP contribution in [0.15, 0.2) is 29.3 Å². The number of benzene rings is 1. The van der Waals surface area contributed by atoms with Crippen molar-refractivity contribution in [3.63, 3.8) is 0 Å². The number of amides is 1. The van der Waals surface area contributed by atoms with E-state index in [0.717, 1.165) is 50.7 Å². The van der Waals surface area contributed by atoms with Crippen LogP contribution in [0.5, 0.6) is 0 Å². The molecule has 2 N–H and O–H groups in total. The number of hydrogen-bond acceptors (Lipinski definition) is 3. The molecule has 1 aromatic carbocycles. The van der Waals surface area contributed by atoms with Crippen LogP contribution in [0.1, 0.15) is 49.0 Å². The van der Waals surface area contributed by atoms with Crippen molar-refractivity contribution in [2.75, 3.05) is 40.4 Å². The first-order valence-corrected chi connectivity index (χ1v) is 9.49. The van der Waals surface area contributed by atoms with E-state index < -0.39 is 0 Å². The molecule has 0 aliphatic carbocycles. The van der Waals surface area contributed by atoms with Gasteiger partial charge < -0.3 is 20.3 Å². The molecule has 1 amide bonds. The van der Waals surface area contributed by atoms with Gasteiger partial charge in [-0.15, -0.1) is 24.0 Å². The lowest BCUT2D eigenvalue weighted by Crippen LogP contribution is -2.38. The van der Waals surface area contributed by atoms with Crippen molar-refractivity contribution in [2.45, 2.75) is 39.7 Å². The third-order valence-corrected chi connectivity index (χ3v) is 3.77. The molecule has 0 spiro atoms. The van der Waals surface area contributed by atoms with Crippen LogP contribution in [-0.4, -0.2) is 57.2 Å². The van der Waals surface area contributed by atoms with E-state index in [2.05, 4.69) is 22.5 Å². The maximum absolute atomic E-state index is 11.9. The lowest BCUT2D eigenvalue weighted by atomic mass is 10.1. The van der Waals surface area contributed by atoms with Crippen LogP contribution in [0, 0.1) is 0 Å². The second-order valence-electron chi connectivity index (χ2n) is 6.34. The molecular formula is C20H35IN4O2. The van der Waals surface area contributed by atoms with Crippen molar-refractivity contribution < 1.29 is 9.53 Å². The zero-order valence-corrected chi connectivity index (χ0v) is 19.4. The van der Waals surface area contributed by atoms with Crippen molar-refractivity contribution >= 4 is 35.8 Å². The summed E-state index contributed by atoms with van der Waals surface area (Å²) in [7, 11) is 3.51. The molecule has 0 fully saturated rings. The smallest absolute Gasteiger partial charge is 0.253 e. The van der Waals surface area contributed by atoms with E-state index in [0.29, 0.717) is 12.1 Å². The van der Waals surface area contributed by atoms with Crippen LogP contribution in [-0.2, 0) is 11.3 Å². The molecule has 0 aromatic heterocycles. The van der Waals surface area contributed by atoms with E-state index in [1.165, 1.54) is 6.42 Å². The summed E-state index contributed by atoms with van der Waals surface area (Å²) in [4.78, 5) is 18.1. The number of unbranched alkanes of at least 4 members (excludes halogenated alkanes) is 1. The maximum atomic E-state index is 11.9. The fourth-order valence-corrected chi connectivity index (χ4v) is 2.25. The molecule has 7 heteroatoms. The number of halogens is 1. The van der Waals surface area contributed by atoms with Crippen molar-refractivity contribution in [3.05, 3.63) is 35.4 Å². The number of aliphatic imine (C=N–C) groups is 1. The number of carbonyl (C=O) groups is 1. The quantitative estimate of drug-likeness (QED) is 0.216. The molecule has 0 unspecified atom stereocenters. The molecule has 0 saturated heterocycles. The Morgan fingerprint density at radius 1 is 1.07 bits per heavy atom. The zero-order chi connectivity index (χ0) is 19.2. The Bertz CT molecular complexity index is 547. The molecule has 1 rings (SSSR count).